The Morgan fingerprint density at radius 1 is 1.41 bits per heavy atom. The van der Waals surface area contributed by atoms with Gasteiger partial charge in [0, 0.05) is 23.0 Å². The van der Waals surface area contributed by atoms with Gasteiger partial charge in [0.1, 0.15) is 5.78 Å². The van der Waals surface area contributed by atoms with Gasteiger partial charge in [0.15, 0.2) is 0 Å². The zero-order valence-electron chi connectivity index (χ0n) is 10.6. The molecule has 1 atom stereocenters. The van der Waals surface area contributed by atoms with Gasteiger partial charge >= 0.3 is 0 Å². The molecule has 2 rings (SSSR count). The maximum atomic E-state index is 11.6. The Kier molecular flexibility index (Phi) is 4.27. The summed E-state index contributed by atoms with van der Waals surface area (Å²) in [6.45, 7) is 3.98. The summed E-state index contributed by atoms with van der Waals surface area (Å²) in [6, 6.07) is 8.68. The number of carbonyl (C=O) groups excluding carboxylic acids is 1. The molecule has 0 radical (unpaired) electrons. The molecule has 0 amide bonds. The van der Waals surface area contributed by atoms with Gasteiger partial charge < -0.3 is 0 Å². The number of hydrogen-bond acceptors (Lipinski definition) is 2. The average molecular weight is 248 g/mol. The molecular formula is C15H20OS. The molecule has 1 aliphatic rings. The van der Waals surface area contributed by atoms with Crippen molar-refractivity contribution in [3.63, 3.8) is 0 Å². The zero-order chi connectivity index (χ0) is 12.3. The Hall–Kier alpha value is -0.760. The lowest BCUT2D eigenvalue weighted by Gasteiger charge is -2.10. The van der Waals surface area contributed by atoms with Crippen molar-refractivity contribution < 1.29 is 4.79 Å². The summed E-state index contributed by atoms with van der Waals surface area (Å²) in [5.41, 5.74) is 1.49. The van der Waals surface area contributed by atoms with Crippen LogP contribution in [0.4, 0.5) is 0 Å². The Labute approximate surface area is 108 Å². The Morgan fingerprint density at radius 2 is 2.18 bits per heavy atom. The predicted octanol–water partition coefficient (Wildman–Crippen LogP) is 4.27. The molecule has 0 aromatic heterocycles. The highest BCUT2D eigenvalue weighted by Crippen LogP contribution is 2.41. The van der Waals surface area contributed by atoms with Crippen molar-refractivity contribution in [3.8, 4) is 0 Å². The van der Waals surface area contributed by atoms with E-state index in [4.69, 9.17) is 0 Å². The molecule has 1 heterocycles. The minimum atomic E-state index is 0.195. The van der Waals surface area contributed by atoms with Gasteiger partial charge in [-0.25, -0.2) is 0 Å². The molecule has 17 heavy (non-hydrogen) atoms. The van der Waals surface area contributed by atoms with E-state index in [1.54, 1.807) is 0 Å². The second-order valence-electron chi connectivity index (χ2n) is 5.06. The smallest absolute Gasteiger partial charge is 0.135 e. The molecule has 0 saturated carbocycles. The van der Waals surface area contributed by atoms with Gasteiger partial charge in [-0.1, -0.05) is 32.0 Å². The summed E-state index contributed by atoms with van der Waals surface area (Å²) in [6.07, 6.45) is 2.94. The number of benzene rings is 1. The maximum absolute atomic E-state index is 11.6. The zero-order valence-corrected chi connectivity index (χ0v) is 11.4. The van der Waals surface area contributed by atoms with E-state index in [-0.39, 0.29) is 5.92 Å². The van der Waals surface area contributed by atoms with Crippen LogP contribution >= 0.6 is 11.8 Å². The molecule has 0 fully saturated rings. The lowest BCUT2D eigenvalue weighted by molar-refractivity contribution is -0.122. The lowest BCUT2D eigenvalue weighted by atomic mass is 9.94. The summed E-state index contributed by atoms with van der Waals surface area (Å²) in [4.78, 5) is 13.0. The van der Waals surface area contributed by atoms with Crippen LogP contribution in [0.1, 0.15) is 44.6 Å². The number of ketones is 1. The summed E-state index contributed by atoms with van der Waals surface area (Å²) in [5.74, 6) is 2.45. The van der Waals surface area contributed by atoms with Crippen LogP contribution in [0.25, 0.3) is 0 Å². The highest BCUT2D eigenvalue weighted by atomic mass is 32.2. The topological polar surface area (TPSA) is 17.1 Å². The van der Waals surface area contributed by atoms with Gasteiger partial charge in [-0.15, -0.1) is 11.8 Å². The first kappa shape index (κ1) is 12.7. The first-order chi connectivity index (χ1) is 8.18. The van der Waals surface area contributed by atoms with E-state index in [0.717, 1.165) is 19.3 Å². The minimum absolute atomic E-state index is 0.195. The van der Waals surface area contributed by atoms with E-state index in [1.165, 1.54) is 16.2 Å². The molecule has 0 bridgehead atoms. The number of Topliss-reactive ketones (excluding diaryl/α,β-unsaturated/α-hetero) is 1. The Bertz CT molecular complexity index is 398. The SMILES string of the molecule is CC(C)C(=O)CCCC1CSc2ccccc21. The third-order valence-corrected chi connectivity index (χ3v) is 4.67. The third-order valence-electron chi connectivity index (χ3n) is 3.42. The van der Waals surface area contributed by atoms with Crippen LogP contribution in [0, 0.1) is 5.92 Å². The monoisotopic (exact) mass is 248 g/mol. The van der Waals surface area contributed by atoms with Crippen LogP contribution in [0.5, 0.6) is 0 Å². The number of thioether (sulfide) groups is 1. The molecule has 1 aromatic rings. The van der Waals surface area contributed by atoms with E-state index in [9.17, 15) is 4.79 Å². The van der Waals surface area contributed by atoms with Gasteiger partial charge in [-0.3, -0.25) is 4.79 Å². The molecule has 1 aromatic carbocycles. The first-order valence-electron chi connectivity index (χ1n) is 6.43. The highest BCUT2D eigenvalue weighted by Gasteiger charge is 2.22. The van der Waals surface area contributed by atoms with Crippen LogP contribution in [0.15, 0.2) is 29.2 Å². The third kappa shape index (κ3) is 3.12. The summed E-state index contributed by atoms with van der Waals surface area (Å²) >= 11 is 1.96. The summed E-state index contributed by atoms with van der Waals surface area (Å²) in [5, 5.41) is 0. The molecule has 1 nitrogen and oxygen atoms in total. The molecule has 0 saturated heterocycles. The van der Waals surface area contributed by atoms with E-state index in [2.05, 4.69) is 24.3 Å². The van der Waals surface area contributed by atoms with Gasteiger partial charge in [0.2, 0.25) is 0 Å². The quantitative estimate of drug-likeness (QED) is 0.774. The van der Waals surface area contributed by atoms with Crippen molar-refractivity contribution in [2.75, 3.05) is 5.75 Å². The van der Waals surface area contributed by atoms with E-state index in [1.807, 2.05) is 25.6 Å². The van der Waals surface area contributed by atoms with Gasteiger partial charge in [0.25, 0.3) is 0 Å². The largest absolute Gasteiger partial charge is 0.299 e. The van der Waals surface area contributed by atoms with E-state index < -0.39 is 0 Å². The molecule has 1 unspecified atom stereocenters. The highest BCUT2D eigenvalue weighted by molar-refractivity contribution is 7.99. The lowest BCUT2D eigenvalue weighted by Crippen LogP contribution is -2.07. The van der Waals surface area contributed by atoms with Crippen molar-refractivity contribution in [1.82, 2.24) is 0 Å². The standard InChI is InChI=1S/C15H20OS/c1-11(2)14(16)8-5-6-12-10-17-15-9-4-3-7-13(12)15/h3-4,7,9,11-12H,5-6,8,10H2,1-2H3. The molecule has 0 N–H and O–H groups in total. The van der Waals surface area contributed by atoms with E-state index in [0.29, 0.717) is 11.7 Å². The molecule has 92 valence electrons. The fourth-order valence-electron chi connectivity index (χ4n) is 2.28. The number of hydrogen-bond donors (Lipinski definition) is 0. The fourth-order valence-corrected chi connectivity index (χ4v) is 3.58. The summed E-state index contributed by atoms with van der Waals surface area (Å²) in [7, 11) is 0. The minimum Gasteiger partial charge on any atom is -0.299 e. The average Bonchev–Trinajstić information content (AvgIpc) is 2.72. The molecular weight excluding hydrogens is 228 g/mol. The molecule has 0 aliphatic carbocycles. The fraction of sp³-hybridized carbons (Fsp3) is 0.533. The Morgan fingerprint density at radius 3 is 2.94 bits per heavy atom. The van der Waals surface area contributed by atoms with Crippen LogP contribution in [0.3, 0.4) is 0 Å². The maximum Gasteiger partial charge on any atom is 0.135 e. The van der Waals surface area contributed by atoms with Gasteiger partial charge in [0.05, 0.1) is 0 Å². The number of carbonyl (C=O) groups is 1. The molecule has 2 heteroatoms. The second kappa shape index (κ2) is 5.72. The van der Waals surface area contributed by atoms with Gasteiger partial charge in [-0.2, -0.15) is 0 Å². The second-order valence-corrected chi connectivity index (χ2v) is 6.12. The van der Waals surface area contributed by atoms with Crippen molar-refractivity contribution in [3.05, 3.63) is 29.8 Å². The van der Waals surface area contributed by atoms with Crippen LogP contribution in [-0.2, 0) is 4.79 Å². The van der Waals surface area contributed by atoms with Crippen LogP contribution in [-0.4, -0.2) is 11.5 Å². The van der Waals surface area contributed by atoms with Crippen LogP contribution < -0.4 is 0 Å². The van der Waals surface area contributed by atoms with Crippen molar-refractivity contribution in [1.29, 1.82) is 0 Å². The van der Waals surface area contributed by atoms with Crippen molar-refractivity contribution in [2.24, 2.45) is 5.92 Å². The van der Waals surface area contributed by atoms with E-state index >= 15 is 0 Å². The van der Waals surface area contributed by atoms with Gasteiger partial charge in [-0.05, 0) is 30.4 Å². The Balaban J connectivity index is 1.84. The first-order valence-corrected chi connectivity index (χ1v) is 7.41. The summed E-state index contributed by atoms with van der Waals surface area (Å²) < 4.78 is 0. The predicted molar refractivity (Wildman–Crippen MR) is 73.6 cm³/mol. The number of rotatable bonds is 5. The normalized spacial score (nSPS) is 18.4. The molecule has 1 aliphatic heterocycles. The molecule has 0 spiro atoms. The van der Waals surface area contributed by atoms with Crippen molar-refractivity contribution >= 4 is 17.5 Å². The number of fused-ring (bicyclic) bond motifs is 1. The van der Waals surface area contributed by atoms with Crippen LogP contribution in [0.2, 0.25) is 0 Å². The van der Waals surface area contributed by atoms with Crippen molar-refractivity contribution in [2.45, 2.75) is 43.9 Å².